The van der Waals surface area contributed by atoms with Gasteiger partial charge in [0.05, 0.1) is 13.7 Å². The number of ketones is 1. The van der Waals surface area contributed by atoms with Crippen LogP contribution in [0.5, 0.6) is 0 Å². The fourth-order valence-electron chi connectivity index (χ4n) is 3.67. The van der Waals surface area contributed by atoms with E-state index in [-0.39, 0.29) is 11.2 Å². The lowest BCUT2D eigenvalue weighted by molar-refractivity contribution is -0.142. The monoisotopic (exact) mass is 395 g/mol. The van der Waals surface area contributed by atoms with Crippen molar-refractivity contribution in [2.45, 2.75) is 57.0 Å². The van der Waals surface area contributed by atoms with Crippen LogP contribution in [0.2, 0.25) is 0 Å². The molecule has 0 bridgehead atoms. The van der Waals surface area contributed by atoms with Gasteiger partial charge in [0.2, 0.25) is 0 Å². The van der Waals surface area contributed by atoms with E-state index in [1.54, 1.807) is 0 Å². The van der Waals surface area contributed by atoms with E-state index in [4.69, 9.17) is 25.8 Å². The van der Waals surface area contributed by atoms with Crippen molar-refractivity contribution in [3.63, 3.8) is 0 Å². The van der Waals surface area contributed by atoms with E-state index in [2.05, 4.69) is 0 Å². The van der Waals surface area contributed by atoms with Gasteiger partial charge in [0.25, 0.3) is 0 Å². The number of hydrogen-bond acceptors (Lipinski definition) is 5. The van der Waals surface area contributed by atoms with E-state index in [0.29, 0.717) is 19.6 Å². The first-order valence-electron chi connectivity index (χ1n) is 9.07. The molecule has 1 aliphatic carbocycles. The first-order chi connectivity index (χ1) is 12.7. The summed E-state index contributed by atoms with van der Waals surface area (Å²) in [6, 6.07) is 9.09. The normalized spacial score (nSPS) is 30.0. The molecule has 1 aromatic carbocycles. The number of methoxy groups -OCH3 is 1. The molecule has 0 unspecified atom stereocenters. The Kier molecular flexibility index (Phi) is 5.52. The maximum absolute atomic E-state index is 12.8. The average molecular weight is 396 g/mol. The van der Waals surface area contributed by atoms with E-state index in [9.17, 15) is 9.59 Å². The van der Waals surface area contributed by atoms with E-state index >= 15 is 0 Å². The number of nitrogens with zero attached hydrogens (tertiary/aromatic N) is 1. The summed E-state index contributed by atoms with van der Waals surface area (Å²) >= 11 is 6.64. The van der Waals surface area contributed by atoms with Crippen LogP contribution in [0, 0.1) is 5.41 Å². The van der Waals surface area contributed by atoms with Crippen molar-refractivity contribution in [3.05, 3.63) is 35.9 Å². The Morgan fingerprint density at radius 3 is 2.56 bits per heavy atom. The number of hydrogen-bond donors (Lipinski definition) is 0. The summed E-state index contributed by atoms with van der Waals surface area (Å²) in [6.07, 6.45) is -1.38. The predicted molar refractivity (Wildman–Crippen MR) is 100 cm³/mol. The Labute approximate surface area is 164 Å². The Bertz CT molecular complexity index is 704. The highest BCUT2D eigenvalue weighted by Gasteiger charge is 2.71. The summed E-state index contributed by atoms with van der Waals surface area (Å²) in [7, 11) is 1.30. The van der Waals surface area contributed by atoms with Crippen LogP contribution in [-0.4, -0.2) is 53.7 Å². The molecular weight excluding hydrogens is 370 g/mol. The summed E-state index contributed by atoms with van der Waals surface area (Å²) in [6.45, 7) is 6.62. The van der Waals surface area contributed by atoms with Crippen molar-refractivity contribution >= 4 is 23.5 Å². The average Bonchev–Trinajstić information content (AvgIpc) is 3.03. The Morgan fingerprint density at radius 2 is 1.96 bits per heavy atom. The second-order valence-corrected chi connectivity index (χ2v) is 8.79. The van der Waals surface area contributed by atoms with Gasteiger partial charge in [-0.05, 0) is 12.0 Å². The summed E-state index contributed by atoms with van der Waals surface area (Å²) in [5.41, 5.74) is 0.675. The van der Waals surface area contributed by atoms with Crippen LogP contribution in [0.15, 0.2) is 30.3 Å². The van der Waals surface area contributed by atoms with Gasteiger partial charge in [-0.2, -0.15) is 0 Å². The van der Waals surface area contributed by atoms with Crippen LogP contribution in [0.1, 0.15) is 32.8 Å². The number of carbonyl (C=O) groups excluding carboxylic acids is 2. The third kappa shape index (κ3) is 3.58. The molecule has 0 radical (unpaired) electrons. The number of fused-ring (bicyclic) bond motifs is 1. The molecule has 2 fully saturated rings. The minimum Gasteiger partial charge on any atom is -0.453 e. The number of alkyl halides is 1. The molecule has 1 saturated carbocycles. The fraction of sp³-hybridized carbons (Fsp3) is 0.600. The van der Waals surface area contributed by atoms with Crippen LogP contribution in [0.4, 0.5) is 4.79 Å². The number of benzene rings is 1. The van der Waals surface area contributed by atoms with Gasteiger partial charge < -0.3 is 14.2 Å². The van der Waals surface area contributed by atoms with Crippen LogP contribution < -0.4 is 0 Å². The zero-order valence-electron chi connectivity index (χ0n) is 16.1. The minimum atomic E-state index is -1.17. The molecule has 1 aromatic rings. The lowest BCUT2D eigenvalue weighted by atomic mass is 9.72. The van der Waals surface area contributed by atoms with Gasteiger partial charge in [-0.15, -0.1) is 11.6 Å². The molecule has 7 heteroatoms. The van der Waals surface area contributed by atoms with Gasteiger partial charge >= 0.3 is 6.09 Å². The van der Waals surface area contributed by atoms with E-state index in [0.717, 1.165) is 5.56 Å². The lowest BCUT2D eigenvalue weighted by Crippen LogP contribution is -2.70. The molecule has 27 heavy (non-hydrogen) atoms. The zero-order chi connectivity index (χ0) is 19.8. The van der Waals surface area contributed by atoms with Crippen molar-refractivity contribution < 1.29 is 23.8 Å². The SMILES string of the molecule is COC(=O)N1[C@H]2C(=O)[C@@](Cl)(CCOCc3ccccc3)[C@H]2O[C@@H]1C(C)(C)C. The number of carbonyl (C=O) groups is 2. The van der Waals surface area contributed by atoms with Crippen molar-refractivity contribution in [3.8, 4) is 0 Å². The van der Waals surface area contributed by atoms with Crippen molar-refractivity contribution in [2.75, 3.05) is 13.7 Å². The first-order valence-corrected chi connectivity index (χ1v) is 9.44. The molecule has 6 nitrogen and oxygen atoms in total. The fourth-order valence-corrected chi connectivity index (χ4v) is 4.03. The number of amides is 1. The summed E-state index contributed by atoms with van der Waals surface area (Å²) in [5.74, 6) is -0.213. The first kappa shape index (κ1) is 20.1. The minimum absolute atomic E-state index is 0.213. The lowest BCUT2D eigenvalue weighted by Gasteiger charge is -2.45. The molecular formula is C20H26ClNO5. The third-order valence-electron chi connectivity index (χ3n) is 5.09. The standard InChI is InChI=1S/C20H26ClNO5/c1-19(2,3)17-22(18(24)25-4)14-15(23)20(21,16(14)27-17)10-11-26-12-13-8-6-5-7-9-13/h5-9,14,16-17H,10-12H2,1-4H3/t14-,16-,17+,20-/m0/s1. The molecule has 3 rings (SSSR count). The van der Waals surface area contributed by atoms with E-state index in [1.165, 1.54) is 12.0 Å². The van der Waals surface area contributed by atoms with Crippen LogP contribution in [0.25, 0.3) is 0 Å². The van der Waals surface area contributed by atoms with Crippen LogP contribution in [0.3, 0.4) is 0 Å². The van der Waals surface area contributed by atoms with Gasteiger partial charge in [-0.3, -0.25) is 9.69 Å². The number of Topliss-reactive ketones (excluding diaryl/α,β-unsaturated/α-hetero) is 1. The zero-order valence-corrected chi connectivity index (χ0v) is 16.9. The number of rotatable bonds is 5. The van der Waals surface area contributed by atoms with Crippen LogP contribution >= 0.6 is 11.6 Å². The van der Waals surface area contributed by atoms with E-state index in [1.807, 2.05) is 51.1 Å². The maximum atomic E-state index is 12.8. The molecule has 0 N–H and O–H groups in total. The molecule has 1 aliphatic heterocycles. The molecule has 0 aromatic heterocycles. The number of ether oxygens (including phenoxy) is 3. The predicted octanol–water partition coefficient (Wildman–Crippen LogP) is 3.36. The van der Waals surface area contributed by atoms with Gasteiger partial charge in [-0.25, -0.2) is 4.79 Å². The van der Waals surface area contributed by atoms with Gasteiger partial charge in [0.1, 0.15) is 23.2 Å². The highest BCUT2D eigenvalue weighted by atomic mass is 35.5. The largest absolute Gasteiger partial charge is 0.453 e. The molecule has 1 heterocycles. The Morgan fingerprint density at radius 1 is 1.30 bits per heavy atom. The second kappa shape index (κ2) is 7.41. The Balaban J connectivity index is 1.65. The van der Waals surface area contributed by atoms with Crippen molar-refractivity contribution in [1.82, 2.24) is 4.90 Å². The third-order valence-corrected chi connectivity index (χ3v) is 5.68. The maximum Gasteiger partial charge on any atom is 0.412 e. The molecule has 0 spiro atoms. The van der Waals surface area contributed by atoms with E-state index < -0.39 is 29.3 Å². The van der Waals surface area contributed by atoms with Gasteiger partial charge in [0, 0.05) is 12.0 Å². The number of halogens is 1. The Hall–Kier alpha value is -1.63. The second-order valence-electron chi connectivity index (χ2n) is 8.11. The van der Waals surface area contributed by atoms with Gasteiger partial charge in [-0.1, -0.05) is 51.1 Å². The van der Waals surface area contributed by atoms with Crippen LogP contribution in [-0.2, 0) is 25.6 Å². The summed E-state index contributed by atoms with van der Waals surface area (Å²) in [4.78, 5) is 25.3. The quantitative estimate of drug-likeness (QED) is 0.565. The molecule has 148 valence electrons. The molecule has 4 atom stereocenters. The summed E-state index contributed by atoms with van der Waals surface area (Å²) < 4.78 is 16.6. The van der Waals surface area contributed by atoms with Gasteiger partial charge in [0.15, 0.2) is 5.78 Å². The van der Waals surface area contributed by atoms with Crippen molar-refractivity contribution in [1.29, 1.82) is 0 Å². The topological polar surface area (TPSA) is 65.1 Å². The smallest absolute Gasteiger partial charge is 0.412 e. The highest BCUT2D eigenvalue weighted by Crippen LogP contribution is 2.51. The molecule has 1 saturated heterocycles. The van der Waals surface area contributed by atoms with Crippen molar-refractivity contribution in [2.24, 2.45) is 5.41 Å². The molecule has 1 amide bonds. The summed E-state index contributed by atoms with van der Waals surface area (Å²) in [5, 5.41) is 0. The molecule has 2 aliphatic rings. The highest BCUT2D eigenvalue weighted by molar-refractivity contribution is 6.40.